The molecular formula is C57H103O13P. The van der Waals surface area contributed by atoms with Crippen molar-refractivity contribution in [1.29, 1.82) is 0 Å². The molecule has 14 heteroatoms. The zero-order chi connectivity index (χ0) is 52.1. The SMILES string of the molecule is CCCCC/C=C/C/C=C/CCCCCCCCCCCC(=O)O[C@@H](COC(=O)CCC/C=C/CC/C=C/CCCCCCCCCCCCCCCC)COP(=O)(O)OC1C(O)C(O)C(O)[C@H](O)C1O. The highest BCUT2D eigenvalue weighted by molar-refractivity contribution is 7.47. The van der Waals surface area contributed by atoms with E-state index in [4.69, 9.17) is 18.5 Å². The van der Waals surface area contributed by atoms with Crippen LogP contribution in [0.1, 0.15) is 245 Å². The molecule has 0 amide bonds. The standard InChI is InChI=1S/C57H103O13P/c1-3-5-7-9-11-13-15-17-19-21-23-24-25-26-28-29-31-33-35-37-39-41-43-45-50(58)67-47-49(48-68-71(65,66)70-57-55(63)53(61)52(60)54(62)56(57)64)69-51(59)46-44-42-40-38-36-34-32-30-27-22-20-18-16-14-12-10-8-6-4-2/h12,14,18,20,29,31,37,39,49,52-57,60-64H,3-11,13,15-17,19,21-28,30,32-36,38,40-48H2,1-2H3,(H,65,66)/b14-12+,20-18+,31-29+,39-37+/t49-,52?,53-,54?,55?,56?,57?/m0/s1. The van der Waals surface area contributed by atoms with E-state index in [2.05, 4.69) is 56.4 Å². The zero-order valence-corrected chi connectivity index (χ0v) is 45.4. The van der Waals surface area contributed by atoms with Crippen molar-refractivity contribution in [2.75, 3.05) is 13.2 Å². The molecule has 1 aliphatic rings. The predicted octanol–water partition coefficient (Wildman–Crippen LogP) is 13.1. The molecule has 414 valence electrons. The first-order chi connectivity index (χ1) is 34.4. The molecule has 0 aromatic rings. The van der Waals surface area contributed by atoms with Gasteiger partial charge in [0, 0.05) is 12.8 Å². The van der Waals surface area contributed by atoms with Gasteiger partial charge in [0.1, 0.15) is 43.2 Å². The lowest BCUT2D eigenvalue weighted by atomic mass is 9.85. The number of esters is 2. The highest BCUT2D eigenvalue weighted by atomic mass is 31.2. The number of carbonyl (C=O) groups is 2. The minimum absolute atomic E-state index is 0.0834. The van der Waals surface area contributed by atoms with Crippen molar-refractivity contribution in [3.8, 4) is 0 Å². The van der Waals surface area contributed by atoms with Crippen LogP contribution in [0.25, 0.3) is 0 Å². The van der Waals surface area contributed by atoms with E-state index in [0.29, 0.717) is 19.3 Å². The minimum atomic E-state index is -5.14. The van der Waals surface area contributed by atoms with Crippen molar-refractivity contribution in [1.82, 2.24) is 0 Å². The smallest absolute Gasteiger partial charge is 0.462 e. The van der Waals surface area contributed by atoms with Crippen LogP contribution in [0.5, 0.6) is 0 Å². The van der Waals surface area contributed by atoms with Crippen LogP contribution in [0, 0.1) is 0 Å². The van der Waals surface area contributed by atoms with Gasteiger partial charge in [-0.2, -0.15) is 0 Å². The topological polar surface area (TPSA) is 210 Å². The van der Waals surface area contributed by atoms with Crippen LogP contribution in [-0.4, -0.2) is 98.3 Å². The first-order valence-electron chi connectivity index (χ1n) is 28.4. The number of hydrogen-bond donors (Lipinski definition) is 6. The Morgan fingerprint density at radius 2 is 0.789 bits per heavy atom. The maximum absolute atomic E-state index is 12.9. The molecule has 0 aromatic heterocycles. The molecule has 0 radical (unpaired) electrons. The third-order valence-electron chi connectivity index (χ3n) is 13.1. The number of unbranched alkanes of at least 4 members (excludes halogenated alkanes) is 28. The normalized spacial score (nSPS) is 21.0. The molecule has 13 nitrogen and oxygen atoms in total. The molecule has 6 unspecified atom stereocenters. The number of phosphoric ester groups is 1. The predicted molar refractivity (Wildman–Crippen MR) is 286 cm³/mol. The molecule has 0 aromatic carbocycles. The summed E-state index contributed by atoms with van der Waals surface area (Å²) in [5, 5.41) is 50.4. The number of aliphatic hydroxyl groups is 5. The second kappa shape index (κ2) is 46.3. The van der Waals surface area contributed by atoms with Crippen LogP contribution in [0.3, 0.4) is 0 Å². The van der Waals surface area contributed by atoms with Crippen molar-refractivity contribution in [2.24, 2.45) is 0 Å². The summed E-state index contributed by atoms with van der Waals surface area (Å²) in [5.41, 5.74) is 0. The second-order valence-electron chi connectivity index (χ2n) is 19.8. The van der Waals surface area contributed by atoms with Gasteiger partial charge in [0.2, 0.25) is 0 Å². The van der Waals surface area contributed by atoms with Gasteiger partial charge in [-0.05, 0) is 77.0 Å². The number of allylic oxidation sites excluding steroid dienone is 8. The van der Waals surface area contributed by atoms with Crippen LogP contribution >= 0.6 is 7.82 Å². The highest BCUT2D eigenvalue weighted by Gasteiger charge is 2.51. The fourth-order valence-corrected chi connectivity index (χ4v) is 9.55. The van der Waals surface area contributed by atoms with Crippen LogP contribution in [0.4, 0.5) is 0 Å². The lowest BCUT2D eigenvalue weighted by molar-refractivity contribution is -0.220. The molecule has 8 atom stereocenters. The maximum Gasteiger partial charge on any atom is 0.472 e. The zero-order valence-electron chi connectivity index (χ0n) is 44.5. The highest BCUT2D eigenvalue weighted by Crippen LogP contribution is 2.47. The van der Waals surface area contributed by atoms with Crippen molar-refractivity contribution in [3.05, 3.63) is 48.6 Å². The summed E-state index contributed by atoms with van der Waals surface area (Å²) in [6.45, 7) is 3.28. The molecule has 0 bridgehead atoms. The van der Waals surface area contributed by atoms with Gasteiger partial charge in [-0.15, -0.1) is 0 Å². The largest absolute Gasteiger partial charge is 0.472 e. The monoisotopic (exact) mass is 1030 g/mol. The van der Waals surface area contributed by atoms with Gasteiger partial charge >= 0.3 is 19.8 Å². The summed E-state index contributed by atoms with van der Waals surface area (Å²) in [5.74, 6) is -1.15. The lowest BCUT2D eigenvalue weighted by Gasteiger charge is -2.41. The molecule has 0 saturated heterocycles. The number of hydrogen-bond acceptors (Lipinski definition) is 12. The summed E-state index contributed by atoms with van der Waals surface area (Å²) in [4.78, 5) is 35.9. The fraction of sp³-hybridized carbons (Fsp3) is 0.825. The Kier molecular flexibility index (Phi) is 43.6. The van der Waals surface area contributed by atoms with Gasteiger partial charge in [0.05, 0.1) is 6.61 Å². The number of carbonyl (C=O) groups excluding carboxylic acids is 2. The minimum Gasteiger partial charge on any atom is -0.462 e. The average Bonchev–Trinajstić information content (AvgIpc) is 3.35. The molecule has 1 saturated carbocycles. The molecule has 1 fully saturated rings. The maximum atomic E-state index is 12.9. The van der Waals surface area contributed by atoms with Gasteiger partial charge in [0.15, 0.2) is 6.10 Å². The molecule has 0 heterocycles. The Bertz CT molecular complexity index is 1420. The van der Waals surface area contributed by atoms with Gasteiger partial charge in [-0.1, -0.05) is 204 Å². The van der Waals surface area contributed by atoms with Gasteiger partial charge in [-0.25, -0.2) is 4.57 Å². The second-order valence-corrected chi connectivity index (χ2v) is 21.2. The molecule has 1 rings (SSSR count). The van der Waals surface area contributed by atoms with Crippen molar-refractivity contribution >= 4 is 19.8 Å². The summed E-state index contributed by atoms with van der Waals surface area (Å²) < 4.78 is 33.7. The Balaban J connectivity index is 2.37. The molecule has 6 N–H and O–H groups in total. The van der Waals surface area contributed by atoms with E-state index >= 15 is 0 Å². The first kappa shape index (κ1) is 66.8. The quantitative estimate of drug-likeness (QED) is 0.0145. The number of rotatable bonds is 48. The van der Waals surface area contributed by atoms with Gasteiger partial charge in [0.25, 0.3) is 0 Å². The third kappa shape index (κ3) is 38.1. The summed E-state index contributed by atoms with van der Waals surface area (Å²) in [6, 6.07) is 0. The summed E-state index contributed by atoms with van der Waals surface area (Å²) >= 11 is 0. The number of aliphatic hydroxyl groups excluding tert-OH is 5. The molecule has 71 heavy (non-hydrogen) atoms. The van der Waals surface area contributed by atoms with E-state index in [9.17, 15) is 44.6 Å². The summed E-state index contributed by atoms with van der Waals surface area (Å²) in [6.07, 6.45) is 44.5. The van der Waals surface area contributed by atoms with E-state index < -0.39 is 75.7 Å². The molecular weight excluding hydrogens is 924 g/mol. The van der Waals surface area contributed by atoms with E-state index in [-0.39, 0.29) is 12.8 Å². The first-order valence-corrected chi connectivity index (χ1v) is 29.9. The van der Waals surface area contributed by atoms with E-state index in [1.54, 1.807) is 0 Å². The molecule has 0 spiro atoms. The van der Waals surface area contributed by atoms with Crippen LogP contribution in [0.15, 0.2) is 48.6 Å². The Morgan fingerprint density at radius 3 is 1.27 bits per heavy atom. The van der Waals surface area contributed by atoms with Crippen LogP contribution in [0.2, 0.25) is 0 Å². The number of phosphoric acid groups is 1. The van der Waals surface area contributed by atoms with Gasteiger partial charge < -0.3 is 39.9 Å². The van der Waals surface area contributed by atoms with E-state index in [1.807, 2.05) is 6.08 Å². The lowest BCUT2D eigenvalue weighted by Crippen LogP contribution is -2.64. The molecule has 1 aliphatic carbocycles. The Hall–Kier alpha value is -2.19. The Labute approximate surface area is 431 Å². The third-order valence-corrected chi connectivity index (χ3v) is 14.1. The van der Waals surface area contributed by atoms with Crippen molar-refractivity contribution in [2.45, 2.75) is 288 Å². The average molecular weight is 1030 g/mol. The van der Waals surface area contributed by atoms with Crippen molar-refractivity contribution < 1.29 is 63.1 Å². The summed E-state index contributed by atoms with van der Waals surface area (Å²) in [7, 11) is -5.14. The van der Waals surface area contributed by atoms with Crippen LogP contribution < -0.4 is 0 Å². The fourth-order valence-electron chi connectivity index (χ4n) is 8.57. The Morgan fingerprint density at radius 1 is 0.437 bits per heavy atom. The molecule has 0 aliphatic heterocycles. The number of ether oxygens (including phenoxy) is 2. The van der Waals surface area contributed by atoms with Crippen molar-refractivity contribution in [3.63, 3.8) is 0 Å². The van der Waals surface area contributed by atoms with E-state index in [0.717, 1.165) is 57.8 Å². The van der Waals surface area contributed by atoms with E-state index in [1.165, 1.54) is 141 Å². The van der Waals surface area contributed by atoms with Crippen LogP contribution in [-0.2, 0) is 32.7 Å². The van der Waals surface area contributed by atoms with Gasteiger partial charge in [-0.3, -0.25) is 18.6 Å².